The standard InChI is InChI=1S/C19H18O5/c1-4-7-14-10-13(12-20)11-17(23-3)18(14)24-19(21)15-8-5-6-9-16(15)22-2/h4-6,8-12H,1,7H2,2-3H3. The van der Waals surface area contributed by atoms with E-state index in [1.54, 1.807) is 36.4 Å². The third-order valence-corrected chi connectivity index (χ3v) is 3.40. The molecule has 2 aromatic carbocycles. The molecule has 5 nitrogen and oxygen atoms in total. The van der Waals surface area contributed by atoms with E-state index in [9.17, 15) is 9.59 Å². The highest BCUT2D eigenvalue weighted by molar-refractivity contribution is 5.94. The first-order valence-corrected chi connectivity index (χ1v) is 7.26. The average molecular weight is 326 g/mol. The van der Waals surface area contributed by atoms with Crippen molar-refractivity contribution in [2.45, 2.75) is 6.42 Å². The highest BCUT2D eigenvalue weighted by Gasteiger charge is 2.19. The highest BCUT2D eigenvalue weighted by atomic mass is 16.6. The van der Waals surface area contributed by atoms with Gasteiger partial charge in [0.1, 0.15) is 17.6 Å². The van der Waals surface area contributed by atoms with Gasteiger partial charge in [0, 0.05) is 11.1 Å². The summed E-state index contributed by atoms with van der Waals surface area (Å²) in [5.74, 6) is 0.407. The normalized spacial score (nSPS) is 9.92. The molecule has 0 saturated carbocycles. The lowest BCUT2D eigenvalue weighted by Gasteiger charge is -2.15. The fraction of sp³-hybridized carbons (Fsp3) is 0.158. The Balaban J connectivity index is 2.45. The van der Waals surface area contributed by atoms with Crippen molar-refractivity contribution in [2.75, 3.05) is 14.2 Å². The SMILES string of the molecule is C=CCc1cc(C=O)cc(OC)c1OC(=O)c1ccccc1OC. The van der Waals surface area contributed by atoms with Gasteiger partial charge in [-0.1, -0.05) is 18.2 Å². The Morgan fingerprint density at radius 2 is 1.83 bits per heavy atom. The molecule has 0 saturated heterocycles. The molecule has 24 heavy (non-hydrogen) atoms. The van der Waals surface area contributed by atoms with Gasteiger partial charge in [0.2, 0.25) is 0 Å². The molecule has 5 heteroatoms. The van der Waals surface area contributed by atoms with Crippen LogP contribution in [0.15, 0.2) is 49.1 Å². The van der Waals surface area contributed by atoms with Crippen LogP contribution in [0.2, 0.25) is 0 Å². The van der Waals surface area contributed by atoms with Crippen molar-refractivity contribution in [3.05, 3.63) is 65.7 Å². The zero-order chi connectivity index (χ0) is 17.5. The van der Waals surface area contributed by atoms with Gasteiger partial charge in [-0.15, -0.1) is 6.58 Å². The Kier molecular flexibility index (Phi) is 5.73. The molecule has 0 aliphatic carbocycles. The van der Waals surface area contributed by atoms with Crippen LogP contribution in [0.3, 0.4) is 0 Å². The molecule has 124 valence electrons. The molecular formula is C19H18O5. The molecule has 0 radical (unpaired) electrons. The molecule has 2 aromatic rings. The van der Waals surface area contributed by atoms with Crippen LogP contribution in [0.4, 0.5) is 0 Å². The van der Waals surface area contributed by atoms with Crippen molar-refractivity contribution >= 4 is 12.3 Å². The second-order valence-electron chi connectivity index (χ2n) is 4.91. The molecule has 0 amide bonds. The van der Waals surface area contributed by atoms with Crippen molar-refractivity contribution in [3.8, 4) is 17.2 Å². The predicted octanol–water partition coefficient (Wildman–Crippen LogP) is 3.46. The zero-order valence-electron chi connectivity index (χ0n) is 13.6. The molecule has 0 bridgehead atoms. The summed E-state index contributed by atoms with van der Waals surface area (Å²) in [6.07, 6.45) is 2.79. The number of aldehydes is 1. The monoisotopic (exact) mass is 326 g/mol. The molecule has 0 atom stereocenters. The van der Waals surface area contributed by atoms with Crippen molar-refractivity contribution in [1.82, 2.24) is 0 Å². The summed E-state index contributed by atoms with van der Waals surface area (Å²) in [7, 11) is 2.93. The number of hydrogen-bond acceptors (Lipinski definition) is 5. The van der Waals surface area contributed by atoms with E-state index in [4.69, 9.17) is 14.2 Å². The van der Waals surface area contributed by atoms with Gasteiger partial charge in [-0.2, -0.15) is 0 Å². The maximum atomic E-state index is 12.5. The summed E-state index contributed by atoms with van der Waals surface area (Å²) in [6, 6.07) is 9.93. The summed E-state index contributed by atoms with van der Waals surface area (Å²) in [6.45, 7) is 3.68. The van der Waals surface area contributed by atoms with Crippen LogP contribution in [-0.4, -0.2) is 26.5 Å². The molecule has 0 unspecified atom stereocenters. The number of allylic oxidation sites excluding steroid dienone is 1. The maximum Gasteiger partial charge on any atom is 0.347 e. The quantitative estimate of drug-likeness (QED) is 0.337. The van der Waals surface area contributed by atoms with Gasteiger partial charge in [0.25, 0.3) is 0 Å². The van der Waals surface area contributed by atoms with Crippen molar-refractivity contribution in [2.24, 2.45) is 0 Å². The lowest BCUT2D eigenvalue weighted by atomic mass is 10.1. The fourth-order valence-electron chi connectivity index (χ4n) is 2.29. The summed E-state index contributed by atoms with van der Waals surface area (Å²) in [5.41, 5.74) is 1.36. The van der Waals surface area contributed by atoms with Crippen molar-refractivity contribution in [1.29, 1.82) is 0 Å². The molecule has 0 spiro atoms. The van der Waals surface area contributed by atoms with Crippen molar-refractivity contribution in [3.63, 3.8) is 0 Å². The van der Waals surface area contributed by atoms with Crippen LogP contribution in [0.5, 0.6) is 17.2 Å². The average Bonchev–Trinajstić information content (AvgIpc) is 2.62. The number of carbonyl (C=O) groups excluding carboxylic acids is 2. The van der Waals surface area contributed by atoms with E-state index in [1.807, 2.05) is 0 Å². The Bertz CT molecular complexity index is 764. The first-order valence-electron chi connectivity index (χ1n) is 7.26. The lowest BCUT2D eigenvalue weighted by molar-refractivity contribution is 0.0724. The Hall–Kier alpha value is -3.08. The van der Waals surface area contributed by atoms with Gasteiger partial charge in [0.15, 0.2) is 11.5 Å². The van der Waals surface area contributed by atoms with Gasteiger partial charge >= 0.3 is 5.97 Å². The van der Waals surface area contributed by atoms with Gasteiger partial charge in [-0.05, 0) is 30.7 Å². The van der Waals surface area contributed by atoms with Gasteiger partial charge in [0.05, 0.1) is 14.2 Å². The van der Waals surface area contributed by atoms with Crippen LogP contribution >= 0.6 is 0 Å². The Morgan fingerprint density at radius 3 is 2.46 bits per heavy atom. The molecule has 0 heterocycles. The Labute approximate surface area is 140 Å². The molecule has 0 aromatic heterocycles. The van der Waals surface area contributed by atoms with Crippen LogP contribution in [0, 0.1) is 0 Å². The number of esters is 1. The second kappa shape index (κ2) is 7.97. The molecule has 2 rings (SSSR count). The minimum absolute atomic E-state index is 0.263. The number of hydrogen-bond donors (Lipinski definition) is 0. The zero-order valence-corrected chi connectivity index (χ0v) is 13.6. The lowest BCUT2D eigenvalue weighted by Crippen LogP contribution is -2.12. The van der Waals surface area contributed by atoms with Crippen molar-refractivity contribution < 1.29 is 23.8 Å². The van der Waals surface area contributed by atoms with E-state index in [-0.39, 0.29) is 5.75 Å². The maximum absolute atomic E-state index is 12.5. The first kappa shape index (κ1) is 17.3. The van der Waals surface area contributed by atoms with Crippen LogP contribution in [-0.2, 0) is 6.42 Å². The summed E-state index contributed by atoms with van der Waals surface area (Å²) in [4.78, 5) is 23.6. The third kappa shape index (κ3) is 3.63. The molecule has 0 aliphatic rings. The smallest absolute Gasteiger partial charge is 0.347 e. The van der Waals surface area contributed by atoms with E-state index in [0.717, 1.165) is 0 Å². The van der Waals surface area contributed by atoms with Gasteiger partial charge in [-0.25, -0.2) is 4.79 Å². The predicted molar refractivity (Wildman–Crippen MR) is 90.2 cm³/mol. The minimum Gasteiger partial charge on any atom is -0.496 e. The van der Waals surface area contributed by atoms with E-state index in [2.05, 4.69) is 6.58 Å². The number of para-hydroxylation sites is 1. The largest absolute Gasteiger partial charge is 0.496 e. The molecule has 0 fully saturated rings. The summed E-state index contributed by atoms with van der Waals surface area (Å²) in [5, 5.41) is 0. The van der Waals surface area contributed by atoms with Gasteiger partial charge in [-0.3, -0.25) is 4.79 Å². The van der Waals surface area contributed by atoms with Crippen LogP contribution in [0.1, 0.15) is 26.3 Å². The summed E-state index contributed by atoms with van der Waals surface area (Å²) >= 11 is 0. The molecule has 0 aliphatic heterocycles. The van der Waals surface area contributed by atoms with Crippen LogP contribution < -0.4 is 14.2 Å². The number of carbonyl (C=O) groups is 2. The third-order valence-electron chi connectivity index (χ3n) is 3.40. The number of rotatable bonds is 7. The van der Waals surface area contributed by atoms with E-state index < -0.39 is 5.97 Å². The van der Waals surface area contributed by atoms with E-state index >= 15 is 0 Å². The summed E-state index contributed by atoms with van der Waals surface area (Å²) < 4.78 is 16.0. The van der Waals surface area contributed by atoms with Crippen LogP contribution in [0.25, 0.3) is 0 Å². The number of benzene rings is 2. The topological polar surface area (TPSA) is 61.8 Å². The second-order valence-corrected chi connectivity index (χ2v) is 4.91. The fourth-order valence-corrected chi connectivity index (χ4v) is 2.29. The highest BCUT2D eigenvalue weighted by Crippen LogP contribution is 2.34. The molecule has 0 N–H and O–H groups in total. The number of ether oxygens (including phenoxy) is 3. The van der Waals surface area contributed by atoms with E-state index in [1.165, 1.54) is 20.3 Å². The minimum atomic E-state index is -0.574. The number of methoxy groups -OCH3 is 2. The Morgan fingerprint density at radius 1 is 1.12 bits per heavy atom. The van der Waals surface area contributed by atoms with Gasteiger partial charge < -0.3 is 14.2 Å². The first-order chi connectivity index (χ1) is 11.6. The molecular weight excluding hydrogens is 308 g/mol. The van der Waals surface area contributed by atoms with E-state index in [0.29, 0.717) is 40.9 Å².